The van der Waals surface area contributed by atoms with E-state index in [-0.39, 0.29) is 0 Å². The molecule has 1 N–H and O–H groups in total. The van der Waals surface area contributed by atoms with Crippen LogP contribution >= 0.6 is 11.8 Å². The summed E-state index contributed by atoms with van der Waals surface area (Å²) in [5.74, 6) is 4.37. The Morgan fingerprint density at radius 3 is 2.60 bits per heavy atom. The van der Waals surface area contributed by atoms with Crippen molar-refractivity contribution in [1.82, 2.24) is 5.32 Å². The van der Waals surface area contributed by atoms with Gasteiger partial charge in [-0.3, -0.25) is 0 Å². The maximum atomic E-state index is 3.68. The van der Waals surface area contributed by atoms with E-state index in [2.05, 4.69) is 37.8 Å². The molecule has 0 amide bonds. The van der Waals surface area contributed by atoms with E-state index < -0.39 is 0 Å². The first-order valence-electron chi connectivity index (χ1n) is 6.53. The quantitative estimate of drug-likeness (QED) is 0.607. The average molecular weight is 229 g/mol. The van der Waals surface area contributed by atoms with Crippen molar-refractivity contribution in [3.63, 3.8) is 0 Å². The third-order valence-corrected chi connectivity index (χ3v) is 3.88. The summed E-state index contributed by atoms with van der Waals surface area (Å²) in [6.45, 7) is 8.20. The summed E-state index contributed by atoms with van der Waals surface area (Å²) in [5, 5.41) is 3.68. The molecule has 1 aliphatic rings. The van der Waals surface area contributed by atoms with Gasteiger partial charge in [0.2, 0.25) is 0 Å². The highest BCUT2D eigenvalue weighted by atomic mass is 32.2. The Kier molecular flexibility index (Phi) is 6.74. The zero-order chi connectivity index (χ0) is 11.1. The summed E-state index contributed by atoms with van der Waals surface area (Å²) < 4.78 is 0. The van der Waals surface area contributed by atoms with Crippen molar-refractivity contribution in [2.75, 3.05) is 18.1 Å². The van der Waals surface area contributed by atoms with Crippen LogP contribution in [0.1, 0.15) is 46.5 Å². The number of hydrogen-bond donors (Lipinski definition) is 1. The van der Waals surface area contributed by atoms with Gasteiger partial charge in [-0.2, -0.15) is 11.8 Å². The van der Waals surface area contributed by atoms with Crippen molar-refractivity contribution in [2.45, 2.75) is 52.5 Å². The van der Waals surface area contributed by atoms with Crippen LogP contribution in [0, 0.1) is 11.8 Å². The van der Waals surface area contributed by atoms with Crippen molar-refractivity contribution in [3.8, 4) is 0 Å². The van der Waals surface area contributed by atoms with Crippen molar-refractivity contribution in [2.24, 2.45) is 11.8 Å². The summed E-state index contributed by atoms with van der Waals surface area (Å²) in [6.07, 6.45) is 5.62. The second kappa shape index (κ2) is 7.56. The van der Waals surface area contributed by atoms with Crippen LogP contribution in [0.3, 0.4) is 0 Å². The van der Waals surface area contributed by atoms with Gasteiger partial charge in [0.15, 0.2) is 0 Å². The summed E-state index contributed by atoms with van der Waals surface area (Å²) in [5.41, 5.74) is 0. The van der Waals surface area contributed by atoms with Crippen molar-refractivity contribution in [3.05, 3.63) is 0 Å². The highest BCUT2D eigenvalue weighted by molar-refractivity contribution is 7.99. The molecule has 0 radical (unpaired) electrons. The topological polar surface area (TPSA) is 12.0 Å². The first-order valence-corrected chi connectivity index (χ1v) is 7.69. The minimum absolute atomic E-state index is 0.850. The molecular formula is C13H27NS. The lowest BCUT2D eigenvalue weighted by atomic mass is 9.95. The molecule has 1 fully saturated rings. The Morgan fingerprint density at radius 2 is 2.07 bits per heavy atom. The van der Waals surface area contributed by atoms with Crippen LogP contribution in [-0.2, 0) is 0 Å². The van der Waals surface area contributed by atoms with Crippen LogP contribution in [0.4, 0.5) is 0 Å². The number of rotatable bonds is 9. The third kappa shape index (κ3) is 7.24. The lowest BCUT2D eigenvalue weighted by molar-refractivity contribution is 0.379. The predicted molar refractivity (Wildman–Crippen MR) is 71.6 cm³/mol. The molecule has 0 aromatic rings. The number of nitrogens with one attached hydrogen (secondary N) is 1. The molecule has 0 heterocycles. The fraction of sp³-hybridized carbons (Fsp3) is 1.00. The second-order valence-corrected chi connectivity index (χ2v) is 6.56. The molecule has 0 saturated heterocycles. The number of hydrogen-bond acceptors (Lipinski definition) is 2. The standard InChI is InChI=1S/C13H27NS/c1-4-15-8-7-12(9-11(2)3)10-14-13-5-6-13/h11-14H,4-10H2,1-3H3. The van der Waals surface area contributed by atoms with Crippen LogP contribution in [0.15, 0.2) is 0 Å². The highest BCUT2D eigenvalue weighted by Gasteiger charge is 2.22. The molecule has 1 saturated carbocycles. The average Bonchev–Trinajstić information content (AvgIpc) is 2.97. The Morgan fingerprint density at radius 1 is 1.33 bits per heavy atom. The Labute approximate surface area is 99.8 Å². The maximum absolute atomic E-state index is 3.68. The van der Waals surface area contributed by atoms with E-state index in [1.807, 2.05) is 0 Å². The largest absolute Gasteiger partial charge is 0.314 e. The first-order chi connectivity index (χ1) is 7.22. The van der Waals surface area contributed by atoms with E-state index in [1.54, 1.807) is 0 Å². The maximum Gasteiger partial charge on any atom is 0.00683 e. The van der Waals surface area contributed by atoms with Gasteiger partial charge in [-0.05, 0) is 55.6 Å². The minimum Gasteiger partial charge on any atom is -0.314 e. The lowest BCUT2D eigenvalue weighted by Crippen LogP contribution is -2.26. The van der Waals surface area contributed by atoms with Gasteiger partial charge in [-0.25, -0.2) is 0 Å². The van der Waals surface area contributed by atoms with Gasteiger partial charge < -0.3 is 5.32 Å². The van der Waals surface area contributed by atoms with E-state index in [9.17, 15) is 0 Å². The van der Waals surface area contributed by atoms with Crippen molar-refractivity contribution >= 4 is 11.8 Å². The van der Waals surface area contributed by atoms with Gasteiger partial charge in [0.25, 0.3) is 0 Å². The number of thioether (sulfide) groups is 1. The molecule has 1 nitrogen and oxygen atoms in total. The third-order valence-electron chi connectivity index (χ3n) is 2.95. The fourth-order valence-corrected chi connectivity index (χ4v) is 2.77. The van der Waals surface area contributed by atoms with Crippen molar-refractivity contribution < 1.29 is 0 Å². The van der Waals surface area contributed by atoms with Crippen molar-refractivity contribution in [1.29, 1.82) is 0 Å². The molecule has 0 spiro atoms. The molecule has 1 rings (SSSR count). The van der Waals surface area contributed by atoms with E-state index in [0.717, 1.165) is 17.9 Å². The highest BCUT2D eigenvalue weighted by Crippen LogP contribution is 2.22. The van der Waals surface area contributed by atoms with Gasteiger partial charge >= 0.3 is 0 Å². The molecular weight excluding hydrogens is 202 g/mol. The molecule has 1 unspecified atom stereocenters. The summed E-state index contributed by atoms with van der Waals surface area (Å²) in [7, 11) is 0. The van der Waals surface area contributed by atoms with Crippen LogP contribution in [0.2, 0.25) is 0 Å². The molecule has 1 aliphatic carbocycles. The first kappa shape index (κ1) is 13.4. The van der Waals surface area contributed by atoms with Crippen LogP contribution in [0.5, 0.6) is 0 Å². The summed E-state index contributed by atoms with van der Waals surface area (Å²) in [6, 6.07) is 0.874. The molecule has 90 valence electrons. The Bertz CT molecular complexity index is 155. The van der Waals surface area contributed by atoms with Crippen LogP contribution in [-0.4, -0.2) is 24.1 Å². The zero-order valence-corrected chi connectivity index (χ0v) is 11.4. The lowest BCUT2D eigenvalue weighted by Gasteiger charge is -2.19. The van der Waals surface area contributed by atoms with Gasteiger partial charge in [0.05, 0.1) is 0 Å². The smallest absolute Gasteiger partial charge is 0.00683 e. The van der Waals surface area contributed by atoms with E-state index >= 15 is 0 Å². The molecule has 15 heavy (non-hydrogen) atoms. The Hall–Kier alpha value is 0.310. The van der Waals surface area contributed by atoms with Gasteiger partial charge in [-0.1, -0.05) is 20.8 Å². The predicted octanol–water partition coefficient (Wildman–Crippen LogP) is 3.54. The van der Waals surface area contributed by atoms with Gasteiger partial charge in [-0.15, -0.1) is 0 Å². The van der Waals surface area contributed by atoms with Gasteiger partial charge in [0.1, 0.15) is 0 Å². The molecule has 0 aromatic carbocycles. The molecule has 0 aliphatic heterocycles. The zero-order valence-electron chi connectivity index (χ0n) is 10.6. The second-order valence-electron chi connectivity index (χ2n) is 5.16. The van der Waals surface area contributed by atoms with E-state index in [0.29, 0.717) is 0 Å². The monoisotopic (exact) mass is 229 g/mol. The molecule has 1 atom stereocenters. The van der Waals surface area contributed by atoms with Crippen LogP contribution in [0.25, 0.3) is 0 Å². The molecule has 2 heteroatoms. The molecule has 0 aromatic heterocycles. The molecule has 0 bridgehead atoms. The van der Waals surface area contributed by atoms with Crippen LogP contribution < -0.4 is 5.32 Å². The summed E-state index contributed by atoms with van der Waals surface area (Å²) >= 11 is 2.09. The minimum atomic E-state index is 0.850. The Balaban J connectivity index is 2.11. The summed E-state index contributed by atoms with van der Waals surface area (Å²) in [4.78, 5) is 0. The van der Waals surface area contributed by atoms with Gasteiger partial charge in [0, 0.05) is 6.04 Å². The SMILES string of the molecule is CCSCCC(CNC1CC1)CC(C)C. The van der Waals surface area contributed by atoms with E-state index in [1.165, 1.54) is 43.7 Å². The fourth-order valence-electron chi connectivity index (χ4n) is 1.99. The van der Waals surface area contributed by atoms with E-state index in [4.69, 9.17) is 0 Å². The normalized spacial score (nSPS) is 18.4.